The predicted molar refractivity (Wildman–Crippen MR) is 97.5 cm³/mol. The van der Waals surface area contributed by atoms with E-state index in [1.807, 2.05) is 49.4 Å². The smallest absolute Gasteiger partial charge is 0.128 e. The molecule has 0 radical (unpaired) electrons. The largest absolute Gasteiger partial charge is 0.387 e. The normalized spacial score (nSPS) is 12.1. The number of halogens is 1. The summed E-state index contributed by atoms with van der Waals surface area (Å²) in [6, 6.07) is 16.6. The number of hydrogen-bond acceptors (Lipinski definition) is 3. The molecule has 1 unspecified atom stereocenters. The number of aromatic nitrogens is 1. The Hall–Kier alpha value is -2.56. The van der Waals surface area contributed by atoms with Gasteiger partial charge in [0.2, 0.25) is 0 Å². The topological polar surface area (TPSA) is 45.1 Å². The SMILES string of the molecule is Cc1ccccc1C(O)CNCc1ccc(-c2ccncc2)cc1F. The summed E-state index contributed by atoms with van der Waals surface area (Å²) in [5.74, 6) is -0.257. The molecule has 0 bridgehead atoms. The molecule has 0 aliphatic heterocycles. The summed E-state index contributed by atoms with van der Waals surface area (Å²) >= 11 is 0. The Morgan fingerprint density at radius 3 is 2.52 bits per heavy atom. The maximum atomic E-state index is 14.3. The number of aliphatic hydroxyl groups excluding tert-OH is 1. The van der Waals surface area contributed by atoms with Crippen molar-refractivity contribution in [2.75, 3.05) is 6.54 Å². The van der Waals surface area contributed by atoms with Crippen molar-refractivity contribution < 1.29 is 9.50 Å². The fraction of sp³-hybridized carbons (Fsp3) is 0.190. The zero-order valence-electron chi connectivity index (χ0n) is 14.1. The first kappa shape index (κ1) is 17.3. The minimum atomic E-state index is -0.611. The van der Waals surface area contributed by atoms with Crippen molar-refractivity contribution in [1.29, 1.82) is 0 Å². The zero-order valence-corrected chi connectivity index (χ0v) is 14.1. The summed E-state index contributed by atoms with van der Waals surface area (Å²) in [6.07, 6.45) is 2.77. The highest BCUT2D eigenvalue weighted by molar-refractivity contribution is 5.63. The van der Waals surface area contributed by atoms with Crippen LogP contribution in [-0.2, 0) is 6.54 Å². The number of nitrogens with one attached hydrogen (secondary N) is 1. The van der Waals surface area contributed by atoms with Gasteiger partial charge in [-0.15, -0.1) is 0 Å². The molecule has 25 heavy (non-hydrogen) atoms. The number of aliphatic hydroxyl groups is 1. The highest BCUT2D eigenvalue weighted by Crippen LogP contribution is 2.21. The summed E-state index contributed by atoms with van der Waals surface area (Å²) in [6.45, 7) is 2.71. The lowest BCUT2D eigenvalue weighted by atomic mass is 10.0. The molecule has 0 spiro atoms. The summed E-state index contributed by atoms with van der Waals surface area (Å²) in [7, 11) is 0. The first-order valence-corrected chi connectivity index (χ1v) is 8.28. The number of hydrogen-bond donors (Lipinski definition) is 2. The molecule has 0 amide bonds. The van der Waals surface area contributed by atoms with Gasteiger partial charge < -0.3 is 10.4 Å². The quantitative estimate of drug-likeness (QED) is 0.715. The lowest BCUT2D eigenvalue weighted by molar-refractivity contribution is 0.173. The fourth-order valence-corrected chi connectivity index (χ4v) is 2.83. The van der Waals surface area contributed by atoms with Gasteiger partial charge in [-0.3, -0.25) is 4.98 Å². The predicted octanol–water partition coefficient (Wildman–Crippen LogP) is 4.02. The van der Waals surface area contributed by atoms with Crippen LogP contribution in [0.3, 0.4) is 0 Å². The van der Waals surface area contributed by atoms with Crippen molar-refractivity contribution in [3.05, 3.63) is 89.5 Å². The van der Waals surface area contributed by atoms with Crippen LogP contribution in [0.1, 0.15) is 22.8 Å². The molecule has 1 aromatic heterocycles. The molecule has 2 aromatic carbocycles. The number of benzene rings is 2. The van der Waals surface area contributed by atoms with Crippen LogP contribution >= 0.6 is 0 Å². The second-order valence-corrected chi connectivity index (χ2v) is 6.05. The van der Waals surface area contributed by atoms with E-state index in [4.69, 9.17) is 0 Å². The molecular formula is C21H21FN2O. The first-order valence-electron chi connectivity index (χ1n) is 8.28. The maximum absolute atomic E-state index is 14.3. The van der Waals surface area contributed by atoms with Crippen molar-refractivity contribution in [2.24, 2.45) is 0 Å². The van der Waals surface area contributed by atoms with E-state index >= 15 is 0 Å². The molecule has 1 heterocycles. The Labute approximate surface area is 147 Å². The Balaban J connectivity index is 1.61. The van der Waals surface area contributed by atoms with Crippen LogP contribution in [0.5, 0.6) is 0 Å². The average molecular weight is 336 g/mol. The lowest BCUT2D eigenvalue weighted by Gasteiger charge is -2.15. The van der Waals surface area contributed by atoms with E-state index in [9.17, 15) is 9.50 Å². The number of pyridine rings is 1. The van der Waals surface area contributed by atoms with Gasteiger partial charge in [0.25, 0.3) is 0 Å². The molecule has 2 N–H and O–H groups in total. The molecule has 3 nitrogen and oxygen atoms in total. The van der Waals surface area contributed by atoms with Gasteiger partial charge in [0.05, 0.1) is 6.10 Å². The van der Waals surface area contributed by atoms with Crippen molar-refractivity contribution in [1.82, 2.24) is 10.3 Å². The molecule has 0 aliphatic carbocycles. The molecule has 0 fully saturated rings. The third kappa shape index (κ3) is 4.29. The second-order valence-electron chi connectivity index (χ2n) is 6.05. The van der Waals surface area contributed by atoms with Crippen LogP contribution in [-0.4, -0.2) is 16.6 Å². The van der Waals surface area contributed by atoms with Crippen LogP contribution in [0, 0.1) is 12.7 Å². The third-order valence-electron chi connectivity index (χ3n) is 4.27. The van der Waals surface area contributed by atoms with Gasteiger partial charge in [-0.2, -0.15) is 0 Å². The van der Waals surface area contributed by atoms with Crippen LogP contribution in [0.4, 0.5) is 4.39 Å². The van der Waals surface area contributed by atoms with E-state index in [1.54, 1.807) is 18.5 Å². The van der Waals surface area contributed by atoms with Crippen molar-refractivity contribution in [3.63, 3.8) is 0 Å². The number of nitrogens with zero attached hydrogens (tertiary/aromatic N) is 1. The van der Waals surface area contributed by atoms with E-state index in [-0.39, 0.29) is 5.82 Å². The van der Waals surface area contributed by atoms with Gasteiger partial charge in [0, 0.05) is 31.0 Å². The van der Waals surface area contributed by atoms with Crippen LogP contribution in [0.25, 0.3) is 11.1 Å². The van der Waals surface area contributed by atoms with Crippen LogP contribution < -0.4 is 5.32 Å². The van der Waals surface area contributed by atoms with E-state index in [0.717, 1.165) is 22.3 Å². The molecule has 1 atom stereocenters. The second kappa shape index (κ2) is 8.01. The summed E-state index contributed by atoms with van der Waals surface area (Å²) < 4.78 is 14.3. The fourth-order valence-electron chi connectivity index (χ4n) is 2.83. The van der Waals surface area contributed by atoms with Gasteiger partial charge in [0.15, 0.2) is 0 Å². The van der Waals surface area contributed by atoms with Crippen LogP contribution in [0.2, 0.25) is 0 Å². The molecule has 128 valence electrons. The molecule has 0 saturated carbocycles. The van der Waals surface area contributed by atoms with Crippen molar-refractivity contribution in [3.8, 4) is 11.1 Å². The Morgan fingerprint density at radius 1 is 1.04 bits per heavy atom. The van der Waals surface area contributed by atoms with Crippen LogP contribution in [0.15, 0.2) is 67.0 Å². The molecule has 0 saturated heterocycles. The first-order chi connectivity index (χ1) is 12.1. The molecular weight excluding hydrogens is 315 g/mol. The highest BCUT2D eigenvalue weighted by Gasteiger charge is 2.10. The monoisotopic (exact) mass is 336 g/mol. The summed E-state index contributed by atoms with van der Waals surface area (Å²) in [4.78, 5) is 3.97. The number of aryl methyl sites for hydroxylation is 1. The van der Waals surface area contributed by atoms with Gasteiger partial charge >= 0.3 is 0 Å². The van der Waals surface area contributed by atoms with Gasteiger partial charge in [-0.05, 0) is 47.4 Å². The van der Waals surface area contributed by atoms with Gasteiger partial charge in [0.1, 0.15) is 5.82 Å². The van der Waals surface area contributed by atoms with E-state index in [2.05, 4.69) is 10.3 Å². The Kier molecular flexibility index (Phi) is 5.53. The third-order valence-corrected chi connectivity index (χ3v) is 4.27. The van der Waals surface area contributed by atoms with Gasteiger partial charge in [-0.25, -0.2) is 4.39 Å². The summed E-state index contributed by atoms with van der Waals surface area (Å²) in [5, 5.41) is 13.4. The lowest BCUT2D eigenvalue weighted by Crippen LogP contribution is -2.22. The zero-order chi connectivity index (χ0) is 17.6. The van der Waals surface area contributed by atoms with E-state index < -0.39 is 6.10 Å². The average Bonchev–Trinajstić information content (AvgIpc) is 2.64. The Bertz CT molecular complexity index is 836. The van der Waals surface area contributed by atoms with Gasteiger partial charge in [-0.1, -0.05) is 36.4 Å². The molecule has 3 aromatic rings. The number of rotatable bonds is 6. The van der Waals surface area contributed by atoms with Crippen molar-refractivity contribution >= 4 is 0 Å². The Morgan fingerprint density at radius 2 is 1.80 bits per heavy atom. The summed E-state index contributed by atoms with van der Waals surface area (Å²) in [5.41, 5.74) is 4.27. The van der Waals surface area contributed by atoms with E-state index in [0.29, 0.717) is 18.7 Å². The standard InChI is InChI=1S/C21H21FN2O/c1-15-4-2-3-5-19(15)21(25)14-24-13-18-7-6-17(12-20(18)22)16-8-10-23-11-9-16/h2-12,21,24-25H,13-14H2,1H3. The van der Waals surface area contributed by atoms with E-state index in [1.165, 1.54) is 6.07 Å². The molecule has 4 heteroatoms. The maximum Gasteiger partial charge on any atom is 0.128 e. The highest BCUT2D eigenvalue weighted by atomic mass is 19.1. The molecule has 3 rings (SSSR count). The molecule has 0 aliphatic rings. The minimum absolute atomic E-state index is 0.257. The minimum Gasteiger partial charge on any atom is -0.387 e. The van der Waals surface area contributed by atoms with Crippen molar-refractivity contribution in [2.45, 2.75) is 19.6 Å².